The van der Waals surface area contributed by atoms with Crippen LogP contribution in [0.1, 0.15) is 22.3 Å². The van der Waals surface area contributed by atoms with Gasteiger partial charge in [-0.2, -0.15) is 0 Å². The first-order valence-electron chi connectivity index (χ1n) is 6.29. The number of phenols is 1. The first-order valence-corrected chi connectivity index (χ1v) is 6.29. The van der Waals surface area contributed by atoms with Crippen molar-refractivity contribution in [2.75, 3.05) is 11.5 Å². The molecule has 0 fully saturated rings. The summed E-state index contributed by atoms with van der Waals surface area (Å²) >= 11 is 0. The predicted molar refractivity (Wildman–Crippen MR) is 81.3 cm³/mol. The van der Waals surface area contributed by atoms with Crippen LogP contribution in [0.15, 0.2) is 18.2 Å². The second kappa shape index (κ2) is 4.50. The highest BCUT2D eigenvalue weighted by molar-refractivity contribution is 5.80. The zero-order chi connectivity index (χ0) is 14.3. The van der Waals surface area contributed by atoms with Gasteiger partial charge in [-0.25, -0.2) is 0 Å². The minimum Gasteiger partial charge on any atom is -0.506 e. The Morgan fingerprint density at radius 3 is 1.84 bits per heavy atom. The van der Waals surface area contributed by atoms with Gasteiger partial charge in [0, 0.05) is 5.69 Å². The zero-order valence-electron chi connectivity index (χ0n) is 11.8. The summed E-state index contributed by atoms with van der Waals surface area (Å²) in [6.45, 7) is 8.16. The van der Waals surface area contributed by atoms with Gasteiger partial charge in [0.15, 0.2) is 0 Å². The molecule has 0 unspecified atom stereocenters. The largest absolute Gasteiger partial charge is 0.506 e. The van der Waals surface area contributed by atoms with Crippen LogP contribution in [0.3, 0.4) is 0 Å². The molecule has 19 heavy (non-hydrogen) atoms. The van der Waals surface area contributed by atoms with Crippen LogP contribution in [0.4, 0.5) is 11.4 Å². The van der Waals surface area contributed by atoms with Crippen LogP contribution in [0.5, 0.6) is 5.75 Å². The van der Waals surface area contributed by atoms with E-state index < -0.39 is 0 Å². The lowest BCUT2D eigenvalue weighted by atomic mass is 9.88. The molecular weight excluding hydrogens is 236 g/mol. The smallest absolute Gasteiger partial charge is 0.139 e. The van der Waals surface area contributed by atoms with E-state index in [0.29, 0.717) is 5.69 Å². The Labute approximate surface area is 113 Å². The molecule has 0 spiro atoms. The highest BCUT2D eigenvalue weighted by Gasteiger charge is 2.15. The molecule has 0 aromatic heterocycles. The maximum atomic E-state index is 9.79. The molecule has 100 valence electrons. The third-order valence-corrected chi connectivity index (χ3v) is 4.00. The van der Waals surface area contributed by atoms with Crippen molar-refractivity contribution in [3.8, 4) is 16.9 Å². The highest BCUT2D eigenvalue weighted by Crippen LogP contribution is 2.37. The van der Waals surface area contributed by atoms with E-state index in [-0.39, 0.29) is 5.75 Å². The molecule has 0 amide bonds. The molecule has 3 heteroatoms. The molecule has 0 aliphatic rings. The van der Waals surface area contributed by atoms with Gasteiger partial charge >= 0.3 is 0 Å². The van der Waals surface area contributed by atoms with Crippen molar-refractivity contribution in [3.05, 3.63) is 40.5 Å². The quantitative estimate of drug-likeness (QED) is 0.540. The molecule has 0 aliphatic carbocycles. The van der Waals surface area contributed by atoms with Crippen molar-refractivity contribution in [1.82, 2.24) is 0 Å². The summed E-state index contributed by atoms with van der Waals surface area (Å²) in [6, 6.07) is 5.36. The van der Waals surface area contributed by atoms with Crippen molar-refractivity contribution >= 4 is 11.4 Å². The number of hydrogen-bond donors (Lipinski definition) is 3. The minimum absolute atomic E-state index is 0.114. The molecule has 0 radical (unpaired) electrons. The number of aromatic hydroxyl groups is 1. The Balaban J connectivity index is 2.79. The average molecular weight is 256 g/mol. The predicted octanol–water partition coefficient (Wildman–Crippen LogP) is 3.46. The molecule has 0 bridgehead atoms. The van der Waals surface area contributed by atoms with Crippen LogP contribution in [0, 0.1) is 27.7 Å². The molecule has 2 aromatic rings. The van der Waals surface area contributed by atoms with Crippen LogP contribution < -0.4 is 11.5 Å². The molecule has 0 aliphatic heterocycles. The first-order chi connectivity index (χ1) is 8.84. The van der Waals surface area contributed by atoms with Crippen LogP contribution >= 0.6 is 0 Å². The van der Waals surface area contributed by atoms with E-state index in [1.54, 1.807) is 12.1 Å². The second-order valence-corrected chi connectivity index (χ2v) is 5.06. The van der Waals surface area contributed by atoms with Crippen molar-refractivity contribution < 1.29 is 5.11 Å². The highest BCUT2D eigenvalue weighted by atomic mass is 16.3. The molecule has 2 aromatic carbocycles. The third-order valence-electron chi connectivity index (χ3n) is 4.00. The van der Waals surface area contributed by atoms with Crippen LogP contribution in [-0.4, -0.2) is 5.11 Å². The molecule has 0 heterocycles. The molecular formula is C16H20N2O. The molecule has 0 saturated carbocycles. The van der Waals surface area contributed by atoms with Crippen molar-refractivity contribution in [2.24, 2.45) is 0 Å². The van der Waals surface area contributed by atoms with Crippen LogP contribution in [0.2, 0.25) is 0 Å². The second-order valence-electron chi connectivity index (χ2n) is 5.06. The van der Waals surface area contributed by atoms with Crippen LogP contribution in [-0.2, 0) is 0 Å². The number of anilines is 2. The Morgan fingerprint density at radius 1 is 0.842 bits per heavy atom. The van der Waals surface area contributed by atoms with Gasteiger partial charge in [-0.05, 0) is 73.2 Å². The fourth-order valence-corrected chi connectivity index (χ4v) is 2.47. The Morgan fingerprint density at radius 2 is 1.37 bits per heavy atom. The van der Waals surface area contributed by atoms with Gasteiger partial charge in [0.05, 0.1) is 5.69 Å². The van der Waals surface area contributed by atoms with Crippen LogP contribution in [0.25, 0.3) is 11.1 Å². The monoisotopic (exact) mass is 256 g/mol. The standard InChI is InChI=1S/C16H20N2O/c1-8-10(3)16(18)11(4)9(2)15(8)12-5-6-13(17)14(19)7-12/h5-7,19H,17-18H2,1-4H3. The Bertz CT molecular complexity index is 631. The van der Waals surface area contributed by atoms with Crippen molar-refractivity contribution in [1.29, 1.82) is 0 Å². The maximum absolute atomic E-state index is 9.79. The molecule has 2 rings (SSSR count). The van der Waals surface area contributed by atoms with Crippen molar-refractivity contribution in [2.45, 2.75) is 27.7 Å². The number of rotatable bonds is 1. The van der Waals surface area contributed by atoms with Gasteiger partial charge in [-0.15, -0.1) is 0 Å². The fraction of sp³-hybridized carbons (Fsp3) is 0.250. The van der Waals surface area contributed by atoms with E-state index in [0.717, 1.165) is 39.1 Å². The lowest BCUT2D eigenvalue weighted by Crippen LogP contribution is -2.02. The summed E-state index contributed by atoms with van der Waals surface area (Å²) < 4.78 is 0. The molecule has 3 nitrogen and oxygen atoms in total. The van der Waals surface area contributed by atoms with Gasteiger partial charge in [0.2, 0.25) is 0 Å². The molecule has 0 saturated heterocycles. The van der Waals surface area contributed by atoms with Crippen molar-refractivity contribution in [3.63, 3.8) is 0 Å². The lowest BCUT2D eigenvalue weighted by Gasteiger charge is -2.19. The van der Waals surface area contributed by atoms with Gasteiger partial charge in [-0.1, -0.05) is 6.07 Å². The summed E-state index contributed by atoms with van der Waals surface area (Å²) in [5.74, 6) is 0.114. The molecule has 0 atom stereocenters. The minimum atomic E-state index is 0.114. The topological polar surface area (TPSA) is 72.3 Å². The number of nitrogens with two attached hydrogens (primary N) is 2. The summed E-state index contributed by atoms with van der Waals surface area (Å²) in [4.78, 5) is 0. The Hall–Kier alpha value is -2.16. The number of hydrogen-bond acceptors (Lipinski definition) is 3. The lowest BCUT2D eigenvalue weighted by molar-refractivity contribution is 0.478. The number of phenolic OH excluding ortho intramolecular Hbond substituents is 1. The van der Waals surface area contributed by atoms with E-state index in [2.05, 4.69) is 13.8 Å². The normalized spacial score (nSPS) is 10.7. The van der Waals surface area contributed by atoms with Gasteiger partial charge in [-0.3, -0.25) is 0 Å². The summed E-state index contributed by atoms with van der Waals surface area (Å²) in [5, 5.41) is 9.79. The number of benzene rings is 2. The third kappa shape index (κ3) is 2.01. The van der Waals surface area contributed by atoms with Gasteiger partial charge in [0.25, 0.3) is 0 Å². The SMILES string of the molecule is Cc1c(C)c(-c2ccc(N)c(O)c2)c(C)c(C)c1N. The summed E-state index contributed by atoms with van der Waals surface area (Å²) in [6.07, 6.45) is 0. The Kier molecular flexibility index (Phi) is 3.14. The van der Waals surface area contributed by atoms with E-state index in [1.165, 1.54) is 0 Å². The maximum Gasteiger partial charge on any atom is 0.139 e. The van der Waals surface area contributed by atoms with E-state index in [9.17, 15) is 5.11 Å². The number of nitrogen functional groups attached to an aromatic ring is 2. The zero-order valence-corrected chi connectivity index (χ0v) is 11.8. The van der Waals surface area contributed by atoms with E-state index in [4.69, 9.17) is 11.5 Å². The fourth-order valence-electron chi connectivity index (χ4n) is 2.47. The average Bonchev–Trinajstić information content (AvgIpc) is 2.38. The first kappa shape index (κ1) is 13.3. The van der Waals surface area contributed by atoms with E-state index in [1.807, 2.05) is 19.9 Å². The van der Waals surface area contributed by atoms with Gasteiger partial charge in [0.1, 0.15) is 5.75 Å². The molecule has 5 N–H and O–H groups in total. The summed E-state index contributed by atoms with van der Waals surface area (Å²) in [7, 11) is 0. The summed E-state index contributed by atoms with van der Waals surface area (Å²) in [5.41, 5.74) is 19.6. The van der Waals surface area contributed by atoms with E-state index >= 15 is 0 Å². The van der Waals surface area contributed by atoms with Gasteiger partial charge < -0.3 is 16.6 Å².